The van der Waals surface area contributed by atoms with Gasteiger partial charge in [-0.2, -0.15) is 0 Å². The van der Waals surface area contributed by atoms with Crippen LogP contribution in [0.2, 0.25) is 0 Å². The van der Waals surface area contributed by atoms with Gasteiger partial charge in [0, 0.05) is 23.8 Å². The summed E-state index contributed by atoms with van der Waals surface area (Å²) in [6.45, 7) is 2.42. The molecule has 5 unspecified atom stereocenters. The van der Waals surface area contributed by atoms with Crippen molar-refractivity contribution in [2.45, 2.75) is 82.3 Å². The Bertz CT molecular complexity index is 1020. The Balaban J connectivity index is 1.40. The lowest BCUT2D eigenvalue weighted by atomic mass is 9.75. The molecule has 3 heteroatoms. The number of nitrogens with one attached hydrogen (secondary N) is 1. The lowest BCUT2D eigenvalue weighted by Crippen LogP contribution is -2.44. The summed E-state index contributed by atoms with van der Waals surface area (Å²) in [6, 6.07) is 9.52. The molecule has 0 aliphatic heterocycles. The van der Waals surface area contributed by atoms with Gasteiger partial charge in [0.2, 0.25) is 0 Å². The highest BCUT2D eigenvalue weighted by atomic mass is 16.3. The summed E-state index contributed by atoms with van der Waals surface area (Å²) >= 11 is 0. The number of nitrogens with zero attached hydrogens (tertiary/aromatic N) is 1. The first kappa shape index (κ1) is 21.9. The van der Waals surface area contributed by atoms with Crippen LogP contribution in [0.4, 0.5) is 0 Å². The number of fused-ring (bicyclic) bond motifs is 3. The van der Waals surface area contributed by atoms with Gasteiger partial charge in [-0.1, -0.05) is 37.6 Å². The van der Waals surface area contributed by atoms with Gasteiger partial charge in [0.25, 0.3) is 0 Å². The van der Waals surface area contributed by atoms with Gasteiger partial charge in [0.15, 0.2) is 0 Å². The molecule has 0 spiro atoms. The normalized spacial score (nSPS) is 33.6. The summed E-state index contributed by atoms with van der Waals surface area (Å²) in [5, 5.41) is 17.4. The first-order valence-corrected chi connectivity index (χ1v) is 12.7. The van der Waals surface area contributed by atoms with E-state index in [0.717, 1.165) is 38.5 Å². The summed E-state index contributed by atoms with van der Waals surface area (Å²) in [5.74, 6) is 1.79. The average Bonchev–Trinajstić information content (AvgIpc) is 2.90. The third kappa shape index (κ3) is 4.30. The van der Waals surface area contributed by atoms with Crippen LogP contribution in [0.25, 0.3) is 10.8 Å². The molecule has 170 valence electrons. The van der Waals surface area contributed by atoms with Crippen molar-refractivity contribution in [1.82, 2.24) is 10.3 Å². The topological polar surface area (TPSA) is 45.2 Å². The van der Waals surface area contributed by atoms with E-state index >= 15 is 0 Å². The van der Waals surface area contributed by atoms with Crippen LogP contribution in [0.5, 0.6) is 0 Å². The van der Waals surface area contributed by atoms with Crippen molar-refractivity contribution in [3.05, 3.63) is 65.5 Å². The summed E-state index contributed by atoms with van der Waals surface area (Å²) in [4.78, 5) is 4.33. The molecule has 0 bridgehead atoms. The standard InChI is InChI=1S/C29H38N2O/c1-20-6-7-23-17-26-10-11-27(30-2)18-29(26,32)14-12-21(23)4-3-5-28(20)24-9-8-22-13-15-31-19-25(22)16-24/h7-9,13,15-17,19-21,27-28,30,32H,3-6,10-12,14,18H2,1-2H3. The number of aromatic nitrogens is 1. The highest BCUT2D eigenvalue weighted by Gasteiger charge is 2.40. The fourth-order valence-electron chi connectivity index (χ4n) is 6.54. The summed E-state index contributed by atoms with van der Waals surface area (Å²) < 4.78 is 0. The van der Waals surface area contributed by atoms with Gasteiger partial charge >= 0.3 is 0 Å². The lowest BCUT2D eigenvalue weighted by Gasteiger charge is -2.38. The van der Waals surface area contributed by atoms with Crippen molar-refractivity contribution in [2.75, 3.05) is 7.05 Å². The van der Waals surface area contributed by atoms with Crippen LogP contribution >= 0.6 is 0 Å². The minimum atomic E-state index is -0.600. The highest BCUT2D eigenvalue weighted by Crippen LogP contribution is 2.45. The summed E-state index contributed by atoms with van der Waals surface area (Å²) in [6.07, 6.45) is 18.7. The highest BCUT2D eigenvalue weighted by molar-refractivity contribution is 5.82. The number of rotatable bonds is 2. The molecule has 2 aromatic rings. The molecule has 2 N–H and O–H groups in total. The Kier molecular flexibility index (Phi) is 6.22. The average molecular weight is 431 g/mol. The minimum Gasteiger partial charge on any atom is -0.385 e. The summed E-state index contributed by atoms with van der Waals surface area (Å²) in [5.41, 5.74) is 3.67. The van der Waals surface area contributed by atoms with Gasteiger partial charge in [0.05, 0.1) is 5.60 Å². The number of allylic oxidation sites excluding steroid dienone is 3. The molecule has 1 aromatic heterocycles. The van der Waals surface area contributed by atoms with Crippen molar-refractivity contribution in [3.8, 4) is 0 Å². The molecule has 5 rings (SSSR count). The van der Waals surface area contributed by atoms with Crippen molar-refractivity contribution in [1.29, 1.82) is 0 Å². The first-order valence-electron chi connectivity index (χ1n) is 12.7. The van der Waals surface area contributed by atoms with Gasteiger partial charge in [-0.05, 0) is 110 Å². The third-order valence-corrected chi connectivity index (χ3v) is 8.64. The molecule has 3 aliphatic rings. The fraction of sp³-hybridized carbons (Fsp3) is 0.552. The first-order chi connectivity index (χ1) is 15.6. The maximum Gasteiger partial charge on any atom is 0.0874 e. The van der Waals surface area contributed by atoms with E-state index in [1.807, 2.05) is 19.4 Å². The Labute approximate surface area is 193 Å². The zero-order chi connectivity index (χ0) is 22.1. The van der Waals surface area contributed by atoms with Crippen LogP contribution in [-0.4, -0.2) is 28.8 Å². The molecule has 0 amide bonds. The molecular weight excluding hydrogens is 392 g/mol. The Morgan fingerprint density at radius 3 is 2.88 bits per heavy atom. The fourth-order valence-corrected chi connectivity index (χ4v) is 6.54. The Morgan fingerprint density at radius 1 is 1.09 bits per heavy atom. The quantitative estimate of drug-likeness (QED) is 0.588. The second-order valence-corrected chi connectivity index (χ2v) is 10.6. The molecule has 3 aliphatic carbocycles. The van der Waals surface area contributed by atoms with Gasteiger partial charge in [-0.3, -0.25) is 4.98 Å². The zero-order valence-electron chi connectivity index (χ0n) is 19.7. The molecule has 0 saturated heterocycles. The predicted molar refractivity (Wildman–Crippen MR) is 133 cm³/mol. The van der Waals surface area contributed by atoms with Crippen LogP contribution in [-0.2, 0) is 0 Å². The van der Waals surface area contributed by atoms with Crippen LogP contribution in [0.1, 0.15) is 76.2 Å². The van der Waals surface area contributed by atoms with E-state index in [2.05, 4.69) is 53.6 Å². The maximum absolute atomic E-state index is 11.5. The number of hydrogen-bond acceptors (Lipinski definition) is 3. The van der Waals surface area contributed by atoms with E-state index in [0.29, 0.717) is 23.8 Å². The second-order valence-electron chi connectivity index (χ2n) is 10.6. The second kappa shape index (κ2) is 9.11. The number of hydrogen-bond donors (Lipinski definition) is 2. The van der Waals surface area contributed by atoms with E-state index in [1.165, 1.54) is 46.7 Å². The van der Waals surface area contributed by atoms with Crippen LogP contribution < -0.4 is 5.32 Å². The van der Waals surface area contributed by atoms with Crippen molar-refractivity contribution in [3.63, 3.8) is 0 Å². The van der Waals surface area contributed by atoms with Gasteiger partial charge in [-0.15, -0.1) is 0 Å². The van der Waals surface area contributed by atoms with E-state index < -0.39 is 5.60 Å². The molecule has 3 nitrogen and oxygen atoms in total. The number of aliphatic hydroxyl groups is 1. The van der Waals surface area contributed by atoms with Crippen LogP contribution in [0.3, 0.4) is 0 Å². The van der Waals surface area contributed by atoms with Gasteiger partial charge < -0.3 is 10.4 Å². The smallest absolute Gasteiger partial charge is 0.0874 e. The monoisotopic (exact) mass is 430 g/mol. The van der Waals surface area contributed by atoms with Gasteiger partial charge in [0.1, 0.15) is 0 Å². The summed E-state index contributed by atoms with van der Waals surface area (Å²) in [7, 11) is 2.03. The number of benzene rings is 1. The zero-order valence-corrected chi connectivity index (χ0v) is 19.7. The van der Waals surface area contributed by atoms with E-state index in [-0.39, 0.29) is 0 Å². The van der Waals surface area contributed by atoms with Crippen molar-refractivity contribution >= 4 is 10.8 Å². The van der Waals surface area contributed by atoms with Crippen molar-refractivity contribution in [2.24, 2.45) is 11.8 Å². The maximum atomic E-state index is 11.5. The Morgan fingerprint density at radius 2 is 2.00 bits per heavy atom. The molecule has 0 radical (unpaired) electrons. The molecule has 5 atom stereocenters. The van der Waals surface area contributed by atoms with Crippen LogP contribution in [0.15, 0.2) is 60.0 Å². The van der Waals surface area contributed by atoms with E-state index in [9.17, 15) is 5.11 Å². The predicted octanol–water partition coefficient (Wildman–Crippen LogP) is 6.29. The van der Waals surface area contributed by atoms with E-state index in [4.69, 9.17) is 0 Å². The third-order valence-electron chi connectivity index (χ3n) is 8.64. The molecule has 1 aromatic carbocycles. The van der Waals surface area contributed by atoms with Crippen molar-refractivity contribution < 1.29 is 5.11 Å². The molecule has 1 saturated carbocycles. The molecular formula is C29H38N2O. The minimum absolute atomic E-state index is 0.443. The SMILES string of the molecule is CNC1CCC2=CC3=CCC(C)C(c4ccc5ccncc5c4)CCCC3CCC2(O)C1. The molecule has 1 heterocycles. The van der Waals surface area contributed by atoms with Crippen LogP contribution in [0, 0.1) is 11.8 Å². The largest absolute Gasteiger partial charge is 0.385 e. The number of pyridine rings is 1. The lowest BCUT2D eigenvalue weighted by molar-refractivity contribution is 0.0296. The molecule has 1 fully saturated rings. The Hall–Kier alpha value is -1.97. The van der Waals surface area contributed by atoms with E-state index in [1.54, 1.807) is 0 Å². The van der Waals surface area contributed by atoms with Gasteiger partial charge in [-0.25, -0.2) is 0 Å². The molecule has 32 heavy (non-hydrogen) atoms.